The number of carbonyl (C=O) groups is 2. The highest BCUT2D eigenvalue weighted by molar-refractivity contribution is 5.97. The lowest BCUT2D eigenvalue weighted by Crippen LogP contribution is -2.44. The molecule has 0 saturated carbocycles. The van der Waals surface area contributed by atoms with Crippen LogP contribution in [0.3, 0.4) is 0 Å². The molecule has 1 unspecified atom stereocenters. The van der Waals surface area contributed by atoms with Gasteiger partial charge in [0, 0.05) is 32.2 Å². The van der Waals surface area contributed by atoms with Crippen LogP contribution in [-0.2, 0) is 16.0 Å². The van der Waals surface area contributed by atoms with Crippen LogP contribution in [0.5, 0.6) is 23.0 Å². The Morgan fingerprint density at radius 3 is 2.64 bits per heavy atom. The first-order valence-electron chi connectivity index (χ1n) is 13.6. The molecule has 1 fully saturated rings. The van der Waals surface area contributed by atoms with E-state index >= 15 is 0 Å². The van der Waals surface area contributed by atoms with Crippen LogP contribution < -0.4 is 14.8 Å². The molecule has 1 saturated heterocycles. The van der Waals surface area contributed by atoms with Crippen LogP contribution in [0.15, 0.2) is 60.7 Å². The molecule has 8 heteroatoms. The van der Waals surface area contributed by atoms with Crippen LogP contribution in [0, 0.1) is 5.92 Å². The Kier molecular flexibility index (Phi) is 7.11. The van der Waals surface area contributed by atoms with Crippen molar-refractivity contribution in [2.24, 2.45) is 5.92 Å². The van der Waals surface area contributed by atoms with Crippen LogP contribution in [0.4, 0.5) is 0 Å². The maximum Gasteiger partial charge on any atom is 0.255 e. The molecule has 2 amide bonds. The molecule has 8 bridgehead atoms. The Bertz CT molecular complexity index is 1380. The van der Waals surface area contributed by atoms with E-state index in [1.54, 1.807) is 12.1 Å². The lowest BCUT2D eigenvalue weighted by atomic mass is 9.86. The smallest absolute Gasteiger partial charge is 0.255 e. The van der Waals surface area contributed by atoms with E-state index in [0.29, 0.717) is 57.3 Å². The van der Waals surface area contributed by atoms with Gasteiger partial charge in [-0.1, -0.05) is 18.2 Å². The van der Waals surface area contributed by atoms with Gasteiger partial charge in [0.25, 0.3) is 5.91 Å². The molecule has 0 aliphatic carbocycles. The monoisotopic (exact) mass is 528 g/mol. The van der Waals surface area contributed by atoms with E-state index in [9.17, 15) is 14.7 Å². The second-order valence-corrected chi connectivity index (χ2v) is 10.2. The van der Waals surface area contributed by atoms with Crippen LogP contribution in [0.1, 0.15) is 52.4 Å². The highest BCUT2D eigenvalue weighted by atomic mass is 16.5. The Morgan fingerprint density at radius 1 is 0.949 bits per heavy atom. The molecule has 3 aromatic rings. The van der Waals surface area contributed by atoms with Crippen LogP contribution in [0.2, 0.25) is 0 Å². The van der Waals surface area contributed by atoms with Crippen molar-refractivity contribution >= 4 is 11.8 Å². The Balaban J connectivity index is 1.40. The molecule has 4 aliphatic rings. The minimum absolute atomic E-state index is 0.0331. The summed E-state index contributed by atoms with van der Waals surface area (Å²) in [4.78, 5) is 28.5. The molecule has 0 aromatic heterocycles. The fourth-order valence-corrected chi connectivity index (χ4v) is 5.67. The maximum atomic E-state index is 13.8. The molecule has 0 spiro atoms. The van der Waals surface area contributed by atoms with Gasteiger partial charge in [-0.3, -0.25) is 9.59 Å². The first kappa shape index (κ1) is 25.2. The van der Waals surface area contributed by atoms with Crippen molar-refractivity contribution in [3.63, 3.8) is 0 Å². The van der Waals surface area contributed by atoms with Gasteiger partial charge in [-0.15, -0.1) is 0 Å². The summed E-state index contributed by atoms with van der Waals surface area (Å²) in [5.74, 6) is 1.47. The second-order valence-electron chi connectivity index (χ2n) is 10.2. The van der Waals surface area contributed by atoms with Crippen molar-refractivity contribution in [3.8, 4) is 23.0 Å². The number of phenols is 1. The van der Waals surface area contributed by atoms with Gasteiger partial charge in [-0.2, -0.15) is 0 Å². The number of benzene rings is 3. The number of rotatable bonds is 1. The van der Waals surface area contributed by atoms with E-state index in [4.69, 9.17) is 14.2 Å². The summed E-state index contributed by atoms with van der Waals surface area (Å²) in [7, 11) is 0. The summed E-state index contributed by atoms with van der Waals surface area (Å²) in [5, 5.41) is 13.1. The number of phenolic OH excluding ortho intramolecular Hbond substituents is 1. The molecular weight excluding hydrogens is 496 g/mol. The summed E-state index contributed by atoms with van der Waals surface area (Å²) < 4.78 is 17.7. The fourth-order valence-electron chi connectivity index (χ4n) is 5.67. The number of nitrogens with one attached hydrogen (secondary N) is 1. The molecule has 2 N–H and O–H groups in total. The third-order valence-corrected chi connectivity index (χ3v) is 7.69. The third-order valence-electron chi connectivity index (χ3n) is 7.69. The number of ether oxygens (including phenoxy) is 3. The van der Waals surface area contributed by atoms with Gasteiger partial charge < -0.3 is 29.5 Å². The van der Waals surface area contributed by atoms with Crippen molar-refractivity contribution in [2.75, 3.05) is 32.9 Å². The summed E-state index contributed by atoms with van der Waals surface area (Å²) >= 11 is 0. The number of hydrogen-bond acceptors (Lipinski definition) is 6. The van der Waals surface area contributed by atoms with Gasteiger partial charge in [0.05, 0.1) is 18.2 Å². The number of fused-ring (bicyclic) bond motifs is 6. The van der Waals surface area contributed by atoms with E-state index in [1.165, 1.54) is 6.07 Å². The van der Waals surface area contributed by atoms with Gasteiger partial charge in [-0.25, -0.2) is 0 Å². The zero-order valence-electron chi connectivity index (χ0n) is 21.7. The van der Waals surface area contributed by atoms with Crippen LogP contribution >= 0.6 is 0 Å². The zero-order chi connectivity index (χ0) is 26.8. The molecule has 202 valence electrons. The van der Waals surface area contributed by atoms with E-state index in [1.807, 2.05) is 41.3 Å². The number of aromatic hydroxyl groups is 1. The van der Waals surface area contributed by atoms with Crippen molar-refractivity contribution in [1.82, 2.24) is 10.2 Å². The number of nitrogens with zero attached hydrogens (tertiary/aromatic N) is 1. The van der Waals surface area contributed by atoms with Crippen molar-refractivity contribution in [1.29, 1.82) is 0 Å². The summed E-state index contributed by atoms with van der Waals surface area (Å²) in [5.41, 5.74) is 3.33. The van der Waals surface area contributed by atoms with Gasteiger partial charge >= 0.3 is 0 Å². The van der Waals surface area contributed by atoms with E-state index < -0.39 is 0 Å². The van der Waals surface area contributed by atoms with Crippen molar-refractivity contribution in [3.05, 3.63) is 82.9 Å². The predicted octanol–water partition coefficient (Wildman–Crippen LogP) is 4.60. The van der Waals surface area contributed by atoms with Crippen LogP contribution in [0.25, 0.3) is 0 Å². The first-order valence-corrected chi connectivity index (χ1v) is 13.6. The Hall–Kier alpha value is -4.04. The molecule has 8 nitrogen and oxygen atoms in total. The predicted molar refractivity (Wildman–Crippen MR) is 144 cm³/mol. The SMILES string of the molecule is O=C1NCCCOc2cccc(c2)C2c3ccc(cc3CCN2C(=O)C2CCOCC2)Oc2ccc(O)c1c2. The molecule has 39 heavy (non-hydrogen) atoms. The number of amides is 2. The van der Waals surface area contributed by atoms with Crippen molar-refractivity contribution in [2.45, 2.75) is 31.7 Å². The number of hydrogen-bond donors (Lipinski definition) is 2. The average molecular weight is 529 g/mol. The first-order chi connectivity index (χ1) is 19.1. The van der Waals surface area contributed by atoms with Gasteiger partial charge in [0.1, 0.15) is 23.0 Å². The van der Waals surface area contributed by atoms with E-state index in [-0.39, 0.29) is 35.1 Å². The normalized spacial score (nSPS) is 19.7. The zero-order valence-corrected chi connectivity index (χ0v) is 21.7. The highest BCUT2D eigenvalue weighted by Gasteiger charge is 2.36. The lowest BCUT2D eigenvalue weighted by molar-refractivity contribution is -0.140. The second kappa shape index (κ2) is 11.0. The van der Waals surface area contributed by atoms with Gasteiger partial charge in [-0.05, 0) is 84.8 Å². The quantitative estimate of drug-likeness (QED) is 0.479. The Morgan fingerprint density at radius 2 is 1.77 bits per heavy atom. The molecule has 0 radical (unpaired) electrons. The molecule has 3 aromatic carbocycles. The topological polar surface area (TPSA) is 97.3 Å². The molecule has 4 heterocycles. The van der Waals surface area contributed by atoms with E-state index in [2.05, 4.69) is 11.4 Å². The lowest BCUT2D eigenvalue weighted by Gasteiger charge is -2.40. The van der Waals surface area contributed by atoms with E-state index in [0.717, 1.165) is 35.3 Å². The summed E-state index contributed by atoms with van der Waals surface area (Å²) in [6.07, 6.45) is 2.79. The third kappa shape index (κ3) is 5.29. The minimum Gasteiger partial charge on any atom is -0.507 e. The highest BCUT2D eigenvalue weighted by Crippen LogP contribution is 2.40. The van der Waals surface area contributed by atoms with Crippen molar-refractivity contribution < 1.29 is 28.9 Å². The van der Waals surface area contributed by atoms with Crippen LogP contribution in [-0.4, -0.2) is 54.7 Å². The standard InChI is InChI=1S/C31H32N2O6/c34-28-8-6-25-19-27(28)30(35)32-12-2-14-38-23-4-1-3-22(18-23)29-26-7-5-24(39-25)17-21(26)9-13-33(29)31(36)20-10-15-37-16-11-20/h1,3-8,17-20,29,34H,2,9-16H2,(H,32,35). The Labute approximate surface area is 227 Å². The number of carbonyl (C=O) groups excluding carboxylic acids is 2. The molecule has 7 rings (SSSR count). The van der Waals surface area contributed by atoms with Gasteiger partial charge in [0.2, 0.25) is 5.91 Å². The summed E-state index contributed by atoms with van der Waals surface area (Å²) in [6, 6.07) is 18.3. The average Bonchev–Trinajstić information content (AvgIpc) is 2.97. The fraction of sp³-hybridized carbons (Fsp3) is 0.355. The molecule has 4 aliphatic heterocycles. The maximum absolute atomic E-state index is 13.8. The van der Waals surface area contributed by atoms with Gasteiger partial charge in [0.15, 0.2) is 0 Å². The summed E-state index contributed by atoms with van der Waals surface area (Å²) in [6.45, 7) is 2.65. The molecule has 1 atom stereocenters. The minimum atomic E-state index is -0.372. The molecular formula is C31H32N2O6. The largest absolute Gasteiger partial charge is 0.507 e.